The number of nitrogens with one attached hydrogen (secondary N) is 1. The number of hydrogen-bond acceptors (Lipinski definition) is 3. The van der Waals surface area contributed by atoms with Gasteiger partial charge in [0, 0.05) is 12.0 Å². The van der Waals surface area contributed by atoms with Gasteiger partial charge < -0.3 is 9.84 Å². The van der Waals surface area contributed by atoms with Crippen molar-refractivity contribution in [2.24, 2.45) is 0 Å². The zero-order valence-electron chi connectivity index (χ0n) is 15.5. The van der Waals surface area contributed by atoms with E-state index in [1.807, 2.05) is 81.4 Å². The summed E-state index contributed by atoms with van der Waals surface area (Å²) in [7, 11) is 0. The van der Waals surface area contributed by atoms with E-state index in [0.29, 0.717) is 12.8 Å². The van der Waals surface area contributed by atoms with E-state index < -0.39 is 5.54 Å². The van der Waals surface area contributed by atoms with Crippen molar-refractivity contribution >= 4 is 5.91 Å². The summed E-state index contributed by atoms with van der Waals surface area (Å²) in [5.41, 5.74) is 3.39. The minimum Gasteiger partial charge on any atom is -0.361 e. The molecule has 26 heavy (non-hydrogen) atoms. The molecule has 134 valence electrons. The van der Waals surface area contributed by atoms with Crippen LogP contribution in [0.25, 0.3) is 0 Å². The number of amides is 1. The van der Waals surface area contributed by atoms with Crippen molar-refractivity contribution in [3.63, 3.8) is 0 Å². The van der Waals surface area contributed by atoms with Crippen molar-refractivity contribution in [1.29, 1.82) is 0 Å². The molecule has 0 atom stereocenters. The van der Waals surface area contributed by atoms with Crippen LogP contribution < -0.4 is 5.32 Å². The monoisotopic (exact) mass is 348 g/mol. The number of nitrogens with zero attached hydrogens (tertiary/aromatic N) is 1. The molecule has 1 aromatic heterocycles. The van der Waals surface area contributed by atoms with Gasteiger partial charge in [0.05, 0.1) is 11.2 Å². The third kappa shape index (κ3) is 3.69. The summed E-state index contributed by atoms with van der Waals surface area (Å²) < 4.78 is 5.19. The minimum atomic E-state index is -0.585. The molecular weight excluding hydrogens is 324 g/mol. The molecule has 0 aliphatic rings. The quantitative estimate of drug-likeness (QED) is 0.722. The number of carbonyl (C=O) groups excluding carboxylic acids is 1. The maximum absolute atomic E-state index is 12.8. The summed E-state index contributed by atoms with van der Waals surface area (Å²) in [6.45, 7) is 5.83. The van der Waals surface area contributed by atoms with Crippen molar-refractivity contribution in [3.8, 4) is 0 Å². The maximum atomic E-state index is 12.8. The van der Waals surface area contributed by atoms with E-state index in [4.69, 9.17) is 4.52 Å². The number of hydrogen-bond donors (Lipinski definition) is 1. The van der Waals surface area contributed by atoms with E-state index in [9.17, 15) is 4.79 Å². The Labute approximate surface area is 154 Å². The Morgan fingerprint density at radius 2 is 1.54 bits per heavy atom. The predicted molar refractivity (Wildman–Crippen MR) is 102 cm³/mol. The van der Waals surface area contributed by atoms with Crippen molar-refractivity contribution in [2.75, 3.05) is 0 Å². The van der Waals surface area contributed by atoms with Crippen LogP contribution >= 0.6 is 0 Å². The summed E-state index contributed by atoms with van der Waals surface area (Å²) in [4.78, 5) is 12.8. The maximum Gasteiger partial charge on any atom is 0.221 e. The third-order valence-electron chi connectivity index (χ3n) is 4.87. The molecule has 0 radical (unpaired) electrons. The number of rotatable bonds is 6. The second-order valence-electron chi connectivity index (χ2n) is 6.71. The number of aryl methyl sites for hydroxylation is 2. The molecule has 0 unspecified atom stereocenters. The van der Waals surface area contributed by atoms with Gasteiger partial charge in [0.15, 0.2) is 0 Å². The van der Waals surface area contributed by atoms with Gasteiger partial charge in [0.1, 0.15) is 5.76 Å². The zero-order valence-corrected chi connectivity index (χ0v) is 15.5. The van der Waals surface area contributed by atoms with Gasteiger partial charge in [-0.05, 0) is 38.3 Å². The van der Waals surface area contributed by atoms with E-state index in [-0.39, 0.29) is 5.91 Å². The molecule has 3 aromatic rings. The SMILES string of the molecule is Cc1noc(C)c1CCC(=O)NC(C)(c1ccccc1)c1ccccc1. The summed E-state index contributed by atoms with van der Waals surface area (Å²) in [6.07, 6.45) is 1.00. The molecule has 4 heteroatoms. The van der Waals surface area contributed by atoms with Crippen LogP contribution in [0.5, 0.6) is 0 Å². The molecule has 0 saturated carbocycles. The lowest BCUT2D eigenvalue weighted by Gasteiger charge is -2.32. The van der Waals surface area contributed by atoms with Crippen LogP contribution in [0, 0.1) is 13.8 Å². The van der Waals surface area contributed by atoms with Crippen molar-refractivity contribution in [2.45, 2.75) is 39.2 Å². The van der Waals surface area contributed by atoms with Crippen LogP contribution in [0.1, 0.15) is 41.5 Å². The van der Waals surface area contributed by atoms with E-state index in [2.05, 4.69) is 10.5 Å². The Kier molecular flexibility index (Phi) is 5.21. The van der Waals surface area contributed by atoms with E-state index >= 15 is 0 Å². The van der Waals surface area contributed by atoms with Crippen molar-refractivity contribution in [1.82, 2.24) is 10.5 Å². The second-order valence-corrected chi connectivity index (χ2v) is 6.71. The van der Waals surface area contributed by atoms with Crippen LogP contribution in [0.4, 0.5) is 0 Å². The average molecular weight is 348 g/mol. The summed E-state index contributed by atoms with van der Waals surface area (Å²) >= 11 is 0. The number of carbonyl (C=O) groups is 1. The Morgan fingerprint density at radius 1 is 1.00 bits per heavy atom. The van der Waals surface area contributed by atoms with Gasteiger partial charge in [0.2, 0.25) is 5.91 Å². The molecule has 0 fully saturated rings. The molecule has 1 N–H and O–H groups in total. The highest BCUT2D eigenvalue weighted by Crippen LogP contribution is 2.29. The highest BCUT2D eigenvalue weighted by molar-refractivity contribution is 5.78. The van der Waals surface area contributed by atoms with Crippen molar-refractivity contribution < 1.29 is 9.32 Å². The Bertz CT molecular complexity index is 811. The van der Waals surface area contributed by atoms with Gasteiger partial charge in [0.25, 0.3) is 0 Å². The zero-order chi connectivity index (χ0) is 18.6. The first-order valence-corrected chi connectivity index (χ1v) is 8.84. The minimum absolute atomic E-state index is 0.000191. The lowest BCUT2D eigenvalue weighted by molar-refractivity contribution is -0.122. The summed E-state index contributed by atoms with van der Waals surface area (Å²) in [5, 5.41) is 7.19. The molecule has 0 aliphatic carbocycles. The topological polar surface area (TPSA) is 55.1 Å². The van der Waals surface area contributed by atoms with E-state index in [1.165, 1.54) is 0 Å². The molecule has 0 saturated heterocycles. The standard InChI is InChI=1S/C22H24N2O2/c1-16-20(17(2)26-24-16)14-15-21(25)23-22(3,18-10-6-4-7-11-18)19-12-8-5-9-13-19/h4-13H,14-15H2,1-3H3,(H,23,25). The Morgan fingerprint density at radius 3 is 2.00 bits per heavy atom. The van der Waals surface area contributed by atoms with Gasteiger partial charge in [-0.2, -0.15) is 0 Å². The highest BCUT2D eigenvalue weighted by Gasteiger charge is 2.30. The van der Waals surface area contributed by atoms with Gasteiger partial charge >= 0.3 is 0 Å². The molecule has 3 rings (SSSR count). The highest BCUT2D eigenvalue weighted by atomic mass is 16.5. The lowest BCUT2D eigenvalue weighted by Crippen LogP contribution is -2.44. The van der Waals surface area contributed by atoms with Crippen LogP contribution in [0.3, 0.4) is 0 Å². The number of benzene rings is 2. The fourth-order valence-corrected chi connectivity index (χ4v) is 3.29. The Hall–Kier alpha value is -2.88. The molecule has 1 heterocycles. The molecular formula is C22H24N2O2. The normalized spacial score (nSPS) is 11.3. The predicted octanol–water partition coefficient (Wildman–Crippen LogP) is 4.30. The van der Waals surface area contributed by atoms with Crippen molar-refractivity contribution in [3.05, 3.63) is 88.8 Å². The van der Waals surface area contributed by atoms with Gasteiger partial charge in [-0.3, -0.25) is 4.79 Å². The first-order chi connectivity index (χ1) is 12.5. The first-order valence-electron chi connectivity index (χ1n) is 8.84. The second kappa shape index (κ2) is 7.56. The van der Waals surface area contributed by atoms with Gasteiger partial charge in [-0.1, -0.05) is 65.8 Å². The van der Waals surface area contributed by atoms with Crippen LogP contribution in [0.2, 0.25) is 0 Å². The molecule has 2 aromatic carbocycles. The van der Waals surface area contributed by atoms with E-state index in [0.717, 1.165) is 28.1 Å². The molecule has 0 bridgehead atoms. The van der Waals surface area contributed by atoms with Crippen LogP contribution in [-0.2, 0) is 16.8 Å². The first kappa shape index (κ1) is 17.9. The lowest BCUT2D eigenvalue weighted by atomic mass is 9.84. The molecule has 0 spiro atoms. The largest absolute Gasteiger partial charge is 0.361 e. The fourth-order valence-electron chi connectivity index (χ4n) is 3.29. The summed E-state index contributed by atoms with van der Waals surface area (Å²) in [6, 6.07) is 20.1. The summed E-state index contributed by atoms with van der Waals surface area (Å²) in [5.74, 6) is 0.782. The molecule has 0 aliphatic heterocycles. The van der Waals surface area contributed by atoms with Gasteiger partial charge in [-0.15, -0.1) is 0 Å². The molecule has 1 amide bonds. The molecule has 4 nitrogen and oxygen atoms in total. The van der Waals surface area contributed by atoms with Crippen LogP contribution in [-0.4, -0.2) is 11.1 Å². The third-order valence-corrected chi connectivity index (χ3v) is 4.87. The van der Waals surface area contributed by atoms with Crippen LogP contribution in [0.15, 0.2) is 65.2 Å². The van der Waals surface area contributed by atoms with Gasteiger partial charge in [-0.25, -0.2) is 0 Å². The smallest absolute Gasteiger partial charge is 0.221 e. The van der Waals surface area contributed by atoms with E-state index in [1.54, 1.807) is 0 Å². The fraction of sp³-hybridized carbons (Fsp3) is 0.273. The Balaban J connectivity index is 1.81. The average Bonchev–Trinajstić information content (AvgIpc) is 2.99. The number of aromatic nitrogens is 1.